The van der Waals surface area contributed by atoms with Crippen molar-refractivity contribution in [3.05, 3.63) is 12.3 Å². The van der Waals surface area contributed by atoms with E-state index >= 15 is 0 Å². The Morgan fingerprint density at radius 1 is 1.64 bits per heavy atom. The second-order valence-corrected chi connectivity index (χ2v) is 2.27. The van der Waals surface area contributed by atoms with E-state index in [1.54, 1.807) is 32.5 Å². The fourth-order valence-corrected chi connectivity index (χ4v) is 0.446. The summed E-state index contributed by atoms with van der Waals surface area (Å²) < 4.78 is 0. The molecule has 0 aliphatic carbocycles. The number of allylic oxidation sites excluding steroid dienone is 1. The number of ketones is 1. The van der Waals surface area contributed by atoms with Gasteiger partial charge in [0.2, 0.25) is 0 Å². The smallest absolute Gasteiger partial charge is 0.151 e. The molecular formula is C8H14N2O. The molecule has 0 rings (SSSR count). The quantitative estimate of drug-likeness (QED) is 0.607. The highest BCUT2D eigenvalue weighted by molar-refractivity contribution is 5.81. The summed E-state index contributed by atoms with van der Waals surface area (Å²) in [5.41, 5.74) is 0. The van der Waals surface area contributed by atoms with Gasteiger partial charge in [-0.1, -0.05) is 0 Å². The van der Waals surface area contributed by atoms with Gasteiger partial charge in [0, 0.05) is 13.3 Å². The van der Waals surface area contributed by atoms with Crippen LogP contribution in [-0.4, -0.2) is 25.1 Å². The fraction of sp³-hybridized carbons (Fsp3) is 0.500. The van der Waals surface area contributed by atoms with Crippen molar-refractivity contribution in [2.45, 2.75) is 19.9 Å². The van der Waals surface area contributed by atoms with Crippen molar-refractivity contribution in [1.29, 1.82) is 0 Å². The number of hydrogen-bond acceptors (Lipinski definition) is 3. The lowest BCUT2D eigenvalue weighted by atomic mass is 10.2. The van der Waals surface area contributed by atoms with Gasteiger partial charge in [-0.3, -0.25) is 9.79 Å². The SMILES string of the molecule is CN=C/C=C/NC(C)C(C)=O. The standard InChI is InChI=1S/C8H14N2O/c1-7(8(2)11)10-6-4-5-9-3/h4-7,10H,1-3H3/b6-4+,9-5?. The lowest BCUT2D eigenvalue weighted by Crippen LogP contribution is -2.27. The Labute approximate surface area is 67.2 Å². The first kappa shape index (κ1) is 9.88. The van der Waals surface area contributed by atoms with E-state index in [2.05, 4.69) is 10.3 Å². The van der Waals surface area contributed by atoms with E-state index in [4.69, 9.17) is 0 Å². The molecule has 0 bridgehead atoms. The molecule has 3 nitrogen and oxygen atoms in total. The topological polar surface area (TPSA) is 41.5 Å². The molecule has 0 aromatic carbocycles. The number of nitrogens with zero attached hydrogens (tertiary/aromatic N) is 1. The Bertz CT molecular complexity index is 173. The summed E-state index contributed by atoms with van der Waals surface area (Å²) >= 11 is 0. The minimum Gasteiger partial charge on any atom is -0.381 e. The zero-order chi connectivity index (χ0) is 8.69. The molecule has 0 spiro atoms. The van der Waals surface area contributed by atoms with E-state index in [0.717, 1.165) is 0 Å². The normalized spacial score (nSPS) is 14.1. The summed E-state index contributed by atoms with van der Waals surface area (Å²) in [5.74, 6) is 0.128. The molecule has 11 heavy (non-hydrogen) atoms. The molecule has 1 atom stereocenters. The molecule has 0 saturated heterocycles. The van der Waals surface area contributed by atoms with Crippen LogP contribution in [0, 0.1) is 0 Å². The zero-order valence-corrected chi connectivity index (χ0v) is 7.16. The minimum absolute atomic E-state index is 0.114. The van der Waals surface area contributed by atoms with Gasteiger partial charge in [-0.2, -0.15) is 0 Å². The second-order valence-electron chi connectivity index (χ2n) is 2.27. The minimum atomic E-state index is -0.114. The summed E-state index contributed by atoms with van der Waals surface area (Å²) in [5, 5.41) is 2.90. The predicted molar refractivity (Wildman–Crippen MR) is 46.8 cm³/mol. The summed E-state index contributed by atoms with van der Waals surface area (Å²) in [6.45, 7) is 3.37. The first-order chi connectivity index (χ1) is 5.18. The van der Waals surface area contributed by atoms with E-state index in [-0.39, 0.29) is 11.8 Å². The molecule has 3 heteroatoms. The first-order valence-electron chi connectivity index (χ1n) is 3.52. The highest BCUT2D eigenvalue weighted by Gasteiger charge is 2.01. The van der Waals surface area contributed by atoms with Crippen LogP contribution in [-0.2, 0) is 4.79 Å². The van der Waals surface area contributed by atoms with Crippen LogP contribution in [0.4, 0.5) is 0 Å². The molecule has 0 aromatic heterocycles. The Morgan fingerprint density at radius 2 is 2.27 bits per heavy atom. The van der Waals surface area contributed by atoms with Gasteiger partial charge in [0.05, 0.1) is 6.04 Å². The van der Waals surface area contributed by atoms with E-state index in [9.17, 15) is 4.79 Å². The maximum atomic E-state index is 10.7. The van der Waals surface area contributed by atoms with E-state index in [1.165, 1.54) is 0 Å². The summed E-state index contributed by atoms with van der Waals surface area (Å²) in [7, 11) is 1.69. The van der Waals surface area contributed by atoms with Crippen molar-refractivity contribution in [3.63, 3.8) is 0 Å². The van der Waals surface area contributed by atoms with Gasteiger partial charge in [-0.15, -0.1) is 0 Å². The fourth-order valence-electron chi connectivity index (χ4n) is 0.446. The Kier molecular flexibility index (Phi) is 5.07. The molecule has 1 N–H and O–H groups in total. The molecule has 0 aromatic rings. The largest absolute Gasteiger partial charge is 0.381 e. The number of rotatable bonds is 4. The van der Waals surface area contributed by atoms with Gasteiger partial charge in [0.15, 0.2) is 5.78 Å². The van der Waals surface area contributed by atoms with Crippen molar-refractivity contribution in [3.8, 4) is 0 Å². The number of nitrogens with one attached hydrogen (secondary N) is 1. The average Bonchev–Trinajstić information content (AvgIpc) is 1.97. The lowest BCUT2D eigenvalue weighted by Gasteiger charge is -2.05. The maximum Gasteiger partial charge on any atom is 0.151 e. The summed E-state index contributed by atoms with van der Waals surface area (Å²) in [6.07, 6.45) is 5.11. The monoisotopic (exact) mass is 154 g/mol. The van der Waals surface area contributed by atoms with E-state index < -0.39 is 0 Å². The van der Waals surface area contributed by atoms with Gasteiger partial charge in [0.25, 0.3) is 0 Å². The molecule has 0 heterocycles. The Balaban J connectivity index is 3.61. The number of carbonyl (C=O) groups is 1. The highest BCUT2D eigenvalue weighted by atomic mass is 16.1. The lowest BCUT2D eigenvalue weighted by molar-refractivity contribution is -0.118. The van der Waals surface area contributed by atoms with Crippen LogP contribution in [0.15, 0.2) is 17.3 Å². The molecule has 0 amide bonds. The van der Waals surface area contributed by atoms with Crippen LogP contribution < -0.4 is 5.32 Å². The highest BCUT2D eigenvalue weighted by Crippen LogP contribution is 1.81. The van der Waals surface area contributed by atoms with Gasteiger partial charge >= 0.3 is 0 Å². The Morgan fingerprint density at radius 3 is 2.73 bits per heavy atom. The molecule has 0 saturated carbocycles. The molecule has 0 aliphatic rings. The maximum absolute atomic E-state index is 10.7. The molecule has 0 aliphatic heterocycles. The van der Waals surface area contributed by atoms with Crippen LogP contribution in [0.3, 0.4) is 0 Å². The number of carbonyl (C=O) groups excluding carboxylic acids is 1. The van der Waals surface area contributed by atoms with Gasteiger partial charge in [0.1, 0.15) is 0 Å². The number of aliphatic imine (C=N–C) groups is 1. The zero-order valence-electron chi connectivity index (χ0n) is 7.16. The van der Waals surface area contributed by atoms with Crippen molar-refractivity contribution >= 4 is 12.0 Å². The number of hydrogen-bond donors (Lipinski definition) is 1. The second kappa shape index (κ2) is 5.65. The molecule has 62 valence electrons. The Hall–Kier alpha value is -1.12. The number of Topliss-reactive ketones (excluding diaryl/α,β-unsaturated/α-hetero) is 1. The third-order valence-corrected chi connectivity index (χ3v) is 1.29. The van der Waals surface area contributed by atoms with Crippen molar-refractivity contribution < 1.29 is 4.79 Å². The molecule has 0 fully saturated rings. The van der Waals surface area contributed by atoms with Crippen molar-refractivity contribution in [1.82, 2.24) is 5.32 Å². The van der Waals surface area contributed by atoms with Crippen LogP contribution in [0.5, 0.6) is 0 Å². The third kappa shape index (κ3) is 5.33. The van der Waals surface area contributed by atoms with Gasteiger partial charge in [-0.05, 0) is 26.1 Å². The van der Waals surface area contributed by atoms with Gasteiger partial charge in [-0.25, -0.2) is 0 Å². The predicted octanol–water partition coefficient (Wildman–Crippen LogP) is 0.768. The van der Waals surface area contributed by atoms with Crippen molar-refractivity contribution in [2.24, 2.45) is 4.99 Å². The van der Waals surface area contributed by atoms with E-state index in [1.807, 2.05) is 6.92 Å². The van der Waals surface area contributed by atoms with Crippen LogP contribution in [0.2, 0.25) is 0 Å². The van der Waals surface area contributed by atoms with Crippen LogP contribution in [0.25, 0.3) is 0 Å². The molecular weight excluding hydrogens is 140 g/mol. The van der Waals surface area contributed by atoms with Crippen molar-refractivity contribution in [2.75, 3.05) is 7.05 Å². The average molecular weight is 154 g/mol. The van der Waals surface area contributed by atoms with Gasteiger partial charge < -0.3 is 5.32 Å². The molecule has 1 unspecified atom stereocenters. The van der Waals surface area contributed by atoms with Crippen LogP contribution in [0.1, 0.15) is 13.8 Å². The third-order valence-electron chi connectivity index (χ3n) is 1.29. The van der Waals surface area contributed by atoms with Crippen LogP contribution >= 0.6 is 0 Å². The first-order valence-corrected chi connectivity index (χ1v) is 3.52. The summed E-state index contributed by atoms with van der Waals surface area (Å²) in [4.78, 5) is 14.4. The summed E-state index contributed by atoms with van der Waals surface area (Å²) in [6, 6.07) is -0.114. The molecule has 0 radical (unpaired) electrons. The van der Waals surface area contributed by atoms with E-state index in [0.29, 0.717) is 0 Å².